The minimum absolute atomic E-state index is 0.881. The maximum Gasteiger partial charge on any atom is 0.0798 e. The van der Waals surface area contributed by atoms with Gasteiger partial charge >= 0.3 is 0 Å². The van der Waals surface area contributed by atoms with Crippen molar-refractivity contribution in [3.63, 3.8) is 0 Å². The molecule has 0 amide bonds. The Morgan fingerprint density at radius 1 is 1.44 bits per heavy atom. The standard InChI is InChI=1S/C14H25N3S/c1-3-8-17(9-13-4-6-15-7-5-13)10-14-12(2)16-11-18-14/h11,13,15H,3-10H2,1-2H3. The summed E-state index contributed by atoms with van der Waals surface area (Å²) < 4.78 is 0. The van der Waals surface area contributed by atoms with Gasteiger partial charge in [0.2, 0.25) is 0 Å². The molecule has 1 aliphatic heterocycles. The lowest BCUT2D eigenvalue weighted by Gasteiger charge is -2.29. The largest absolute Gasteiger partial charge is 0.317 e. The van der Waals surface area contributed by atoms with E-state index in [2.05, 4.69) is 29.0 Å². The number of nitrogens with one attached hydrogen (secondary N) is 1. The third kappa shape index (κ3) is 4.04. The summed E-state index contributed by atoms with van der Waals surface area (Å²) in [4.78, 5) is 8.42. The Bertz CT molecular complexity index is 345. The number of aryl methyl sites for hydroxylation is 1. The second-order valence-corrected chi connectivity index (χ2v) is 6.23. The van der Waals surface area contributed by atoms with E-state index in [1.165, 1.54) is 56.0 Å². The quantitative estimate of drug-likeness (QED) is 0.859. The number of hydrogen-bond donors (Lipinski definition) is 1. The van der Waals surface area contributed by atoms with Crippen LogP contribution in [0.15, 0.2) is 5.51 Å². The molecule has 0 aliphatic carbocycles. The van der Waals surface area contributed by atoms with Crippen LogP contribution in [0, 0.1) is 12.8 Å². The first-order chi connectivity index (χ1) is 8.79. The summed E-state index contributed by atoms with van der Waals surface area (Å²) >= 11 is 1.80. The van der Waals surface area contributed by atoms with E-state index in [1.807, 2.05) is 5.51 Å². The van der Waals surface area contributed by atoms with Crippen LogP contribution in [0.25, 0.3) is 0 Å². The highest BCUT2D eigenvalue weighted by Gasteiger charge is 2.17. The van der Waals surface area contributed by atoms with Gasteiger partial charge < -0.3 is 5.32 Å². The van der Waals surface area contributed by atoms with Gasteiger partial charge in [0.05, 0.1) is 11.2 Å². The van der Waals surface area contributed by atoms with Gasteiger partial charge in [-0.2, -0.15) is 0 Å². The van der Waals surface area contributed by atoms with E-state index < -0.39 is 0 Å². The molecular weight excluding hydrogens is 242 g/mol. The van der Waals surface area contributed by atoms with Crippen LogP contribution < -0.4 is 5.32 Å². The molecule has 0 aromatic carbocycles. The van der Waals surface area contributed by atoms with E-state index in [9.17, 15) is 0 Å². The molecule has 1 saturated heterocycles. The van der Waals surface area contributed by atoms with Crippen LogP contribution in [0.4, 0.5) is 0 Å². The summed E-state index contributed by atoms with van der Waals surface area (Å²) in [6.07, 6.45) is 3.91. The molecule has 0 radical (unpaired) electrons. The molecule has 1 N–H and O–H groups in total. The van der Waals surface area contributed by atoms with Gasteiger partial charge in [-0.3, -0.25) is 4.90 Å². The molecule has 18 heavy (non-hydrogen) atoms. The molecule has 0 atom stereocenters. The Morgan fingerprint density at radius 3 is 2.83 bits per heavy atom. The Balaban J connectivity index is 1.88. The Hall–Kier alpha value is -0.450. The first-order valence-corrected chi connectivity index (χ1v) is 7.99. The normalized spacial score (nSPS) is 17.5. The fourth-order valence-electron chi connectivity index (χ4n) is 2.66. The number of aromatic nitrogens is 1. The molecule has 4 heteroatoms. The Labute approximate surface area is 115 Å². The van der Waals surface area contributed by atoms with Gasteiger partial charge in [-0.1, -0.05) is 6.92 Å². The van der Waals surface area contributed by atoms with E-state index in [0.29, 0.717) is 0 Å². The molecule has 102 valence electrons. The number of rotatable bonds is 6. The van der Waals surface area contributed by atoms with E-state index in [0.717, 1.165) is 12.5 Å². The minimum atomic E-state index is 0.881. The molecular formula is C14H25N3S. The van der Waals surface area contributed by atoms with E-state index >= 15 is 0 Å². The predicted molar refractivity (Wildman–Crippen MR) is 78.0 cm³/mol. The van der Waals surface area contributed by atoms with Crippen molar-refractivity contribution in [3.8, 4) is 0 Å². The van der Waals surface area contributed by atoms with Crippen molar-refractivity contribution < 1.29 is 0 Å². The van der Waals surface area contributed by atoms with Gasteiger partial charge in [0, 0.05) is 18.0 Å². The van der Waals surface area contributed by atoms with Crippen molar-refractivity contribution in [2.75, 3.05) is 26.2 Å². The molecule has 1 fully saturated rings. The molecule has 0 unspecified atom stereocenters. The summed E-state index contributed by atoms with van der Waals surface area (Å²) in [5.41, 5.74) is 3.19. The molecule has 0 saturated carbocycles. The Morgan fingerprint density at radius 2 is 2.22 bits per heavy atom. The van der Waals surface area contributed by atoms with Gasteiger partial charge in [-0.05, 0) is 51.7 Å². The van der Waals surface area contributed by atoms with Crippen LogP contribution >= 0.6 is 11.3 Å². The van der Waals surface area contributed by atoms with Crippen molar-refractivity contribution in [2.45, 2.75) is 39.7 Å². The summed E-state index contributed by atoms with van der Waals surface area (Å²) in [5.74, 6) is 0.881. The minimum Gasteiger partial charge on any atom is -0.317 e. The van der Waals surface area contributed by atoms with Crippen molar-refractivity contribution in [3.05, 3.63) is 16.1 Å². The monoisotopic (exact) mass is 267 g/mol. The van der Waals surface area contributed by atoms with Crippen LogP contribution in [0.2, 0.25) is 0 Å². The molecule has 1 aromatic rings. The lowest BCUT2D eigenvalue weighted by molar-refractivity contribution is 0.200. The van der Waals surface area contributed by atoms with Crippen molar-refractivity contribution in [1.82, 2.24) is 15.2 Å². The van der Waals surface area contributed by atoms with Crippen molar-refractivity contribution in [2.24, 2.45) is 5.92 Å². The number of hydrogen-bond acceptors (Lipinski definition) is 4. The molecule has 1 aliphatic rings. The number of piperidine rings is 1. The van der Waals surface area contributed by atoms with Crippen LogP contribution in [0.3, 0.4) is 0 Å². The third-order valence-electron chi connectivity index (χ3n) is 3.73. The number of nitrogens with zero attached hydrogens (tertiary/aromatic N) is 2. The molecule has 2 heterocycles. The van der Waals surface area contributed by atoms with Crippen LogP contribution in [-0.2, 0) is 6.54 Å². The molecule has 2 rings (SSSR count). The highest BCUT2D eigenvalue weighted by molar-refractivity contribution is 7.09. The summed E-state index contributed by atoms with van der Waals surface area (Å²) in [5, 5.41) is 3.45. The summed E-state index contributed by atoms with van der Waals surface area (Å²) in [7, 11) is 0. The lowest BCUT2D eigenvalue weighted by atomic mass is 9.97. The second-order valence-electron chi connectivity index (χ2n) is 5.29. The fraction of sp³-hybridized carbons (Fsp3) is 0.786. The lowest BCUT2D eigenvalue weighted by Crippen LogP contribution is -2.36. The summed E-state index contributed by atoms with van der Waals surface area (Å²) in [6, 6.07) is 0. The number of thiazole rings is 1. The first kappa shape index (κ1) is 14.0. The average molecular weight is 267 g/mol. The highest BCUT2D eigenvalue weighted by atomic mass is 32.1. The van der Waals surface area contributed by atoms with Crippen molar-refractivity contribution in [1.29, 1.82) is 0 Å². The smallest absolute Gasteiger partial charge is 0.0798 e. The van der Waals surface area contributed by atoms with Crippen LogP contribution in [0.5, 0.6) is 0 Å². The zero-order valence-corrected chi connectivity index (χ0v) is 12.4. The zero-order valence-electron chi connectivity index (χ0n) is 11.6. The van der Waals surface area contributed by atoms with E-state index in [1.54, 1.807) is 11.3 Å². The highest BCUT2D eigenvalue weighted by Crippen LogP contribution is 2.19. The Kier molecular flexibility index (Phi) is 5.60. The van der Waals surface area contributed by atoms with Gasteiger partial charge in [0.15, 0.2) is 0 Å². The van der Waals surface area contributed by atoms with Gasteiger partial charge in [0.1, 0.15) is 0 Å². The SMILES string of the molecule is CCCN(Cc1scnc1C)CC1CCNCC1. The maximum atomic E-state index is 4.36. The van der Waals surface area contributed by atoms with Crippen LogP contribution in [-0.4, -0.2) is 36.1 Å². The average Bonchev–Trinajstić information content (AvgIpc) is 2.77. The van der Waals surface area contributed by atoms with Crippen LogP contribution in [0.1, 0.15) is 36.8 Å². The van der Waals surface area contributed by atoms with Gasteiger partial charge in [0.25, 0.3) is 0 Å². The first-order valence-electron chi connectivity index (χ1n) is 7.11. The molecule has 0 spiro atoms. The fourth-order valence-corrected chi connectivity index (χ4v) is 3.48. The van der Waals surface area contributed by atoms with Gasteiger partial charge in [-0.15, -0.1) is 11.3 Å². The third-order valence-corrected chi connectivity index (χ3v) is 4.65. The topological polar surface area (TPSA) is 28.2 Å². The molecule has 3 nitrogen and oxygen atoms in total. The van der Waals surface area contributed by atoms with E-state index in [-0.39, 0.29) is 0 Å². The predicted octanol–water partition coefficient (Wildman–Crippen LogP) is 2.66. The van der Waals surface area contributed by atoms with Crippen molar-refractivity contribution >= 4 is 11.3 Å². The molecule has 0 bridgehead atoms. The zero-order chi connectivity index (χ0) is 12.8. The maximum absolute atomic E-state index is 4.36. The molecule has 1 aromatic heterocycles. The summed E-state index contributed by atoms with van der Waals surface area (Å²) in [6.45, 7) is 10.4. The van der Waals surface area contributed by atoms with E-state index in [4.69, 9.17) is 0 Å². The van der Waals surface area contributed by atoms with Gasteiger partial charge in [-0.25, -0.2) is 4.98 Å². The second kappa shape index (κ2) is 7.22.